The van der Waals surface area contributed by atoms with Crippen LogP contribution in [0, 0.1) is 0 Å². The van der Waals surface area contributed by atoms with Crippen molar-refractivity contribution < 1.29 is 0 Å². The van der Waals surface area contributed by atoms with E-state index in [0.29, 0.717) is 11.0 Å². The Labute approximate surface area is 102 Å². The molecule has 2 aromatic heterocycles. The van der Waals surface area contributed by atoms with Gasteiger partial charge in [-0.3, -0.25) is 0 Å². The van der Waals surface area contributed by atoms with Crippen LogP contribution in [0.5, 0.6) is 0 Å². The first-order valence-electron chi connectivity index (χ1n) is 4.73. The van der Waals surface area contributed by atoms with Gasteiger partial charge in [-0.05, 0) is 17.7 Å². The van der Waals surface area contributed by atoms with Crippen LogP contribution in [0.25, 0.3) is 0 Å². The van der Waals surface area contributed by atoms with E-state index in [1.54, 1.807) is 17.4 Å². The molecule has 0 spiro atoms. The van der Waals surface area contributed by atoms with Crippen LogP contribution in [0.4, 0.5) is 11.6 Å². The van der Waals surface area contributed by atoms with Gasteiger partial charge < -0.3 is 11.1 Å². The summed E-state index contributed by atoms with van der Waals surface area (Å²) in [6, 6.07) is 5.86. The molecule has 0 aliphatic carbocycles. The molecular weight excluding hydrogens is 240 g/mol. The highest BCUT2D eigenvalue weighted by Gasteiger charge is 2.01. The summed E-state index contributed by atoms with van der Waals surface area (Å²) in [4.78, 5) is 9.67. The lowest BCUT2D eigenvalue weighted by Crippen LogP contribution is -2.03. The molecule has 6 heteroatoms. The van der Waals surface area contributed by atoms with Crippen LogP contribution in [-0.4, -0.2) is 16.2 Å². The van der Waals surface area contributed by atoms with Gasteiger partial charge >= 0.3 is 0 Å². The number of hydrogen-bond acceptors (Lipinski definition) is 6. The summed E-state index contributed by atoms with van der Waals surface area (Å²) in [6.07, 6.45) is 1.93. The molecule has 0 saturated heterocycles. The Morgan fingerprint density at radius 1 is 1.50 bits per heavy atom. The van der Waals surface area contributed by atoms with Gasteiger partial charge in [0, 0.05) is 10.9 Å². The van der Waals surface area contributed by atoms with Crippen LogP contribution in [0.1, 0.15) is 4.88 Å². The maximum absolute atomic E-state index is 5.68. The zero-order chi connectivity index (χ0) is 11.4. The second-order valence-corrected chi connectivity index (χ2v) is 4.90. The minimum absolute atomic E-state index is 0.494. The third kappa shape index (κ3) is 2.86. The number of aromatic nitrogens is 2. The third-order valence-electron chi connectivity index (χ3n) is 1.93. The van der Waals surface area contributed by atoms with Gasteiger partial charge in [-0.15, -0.1) is 11.3 Å². The average molecular weight is 252 g/mol. The summed E-state index contributed by atoms with van der Waals surface area (Å²) in [6.45, 7) is 0.766. The molecule has 0 atom stereocenters. The molecule has 84 valence electrons. The van der Waals surface area contributed by atoms with Gasteiger partial charge in [0.05, 0.1) is 6.54 Å². The van der Waals surface area contributed by atoms with Crippen LogP contribution in [0.2, 0.25) is 0 Å². The molecular formula is C10H12N4S2. The minimum atomic E-state index is 0.494. The smallest absolute Gasteiger partial charge is 0.191 e. The molecule has 0 saturated carbocycles. The van der Waals surface area contributed by atoms with Crippen molar-refractivity contribution in [2.45, 2.75) is 11.7 Å². The second-order valence-electron chi connectivity index (χ2n) is 3.10. The summed E-state index contributed by atoms with van der Waals surface area (Å²) in [5.74, 6) is 1.26. The van der Waals surface area contributed by atoms with E-state index in [2.05, 4.69) is 26.7 Å². The molecule has 0 aliphatic heterocycles. The first-order valence-corrected chi connectivity index (χ1v) is 6.83. The minimum Gasteiger partial charge on any atom is -0.383 e. The Bertz CT molecular complexity index is 456. The van der Waals surface area contributed by atoms with E-state index >= 15 is 0 Å². The molecule has 4 nitrogen and oxygen atoms in total. The molecule has 0 bridgehead atoms. The fourth-order valence-electron chi connectivity index (χ4n) is 1.22. The van der Waals surface area contributed by atoms with Crippen molar-refractivity contribution in [3.05, 3.63) is 28.5 Å². The summed E-state index contributed by atoms with van der Waals surface area (Å²) in [5, 5.41) is 5.97. The number of nitrogens with one attached hydrogen (secondary N) is 1. The Balaban J connectivity index is 2.06. The van der Waals surface area contributed by atoms with E-state index in [-0.39, 0.29) is 0 Å². The van der Waals surface area contributed by atoms with Gasteiger partial charge in [0.1, 0.15) is 11.6 Å². The number of thiophene rings is 1. The van der Waals surface area contributed by atoms with Crippen molar-refractivity contribution in [3.8, 4) is 0 Å². The van der Waals surface area contributed by atoms with Crippen molar-refractivity contribution in [2.75, 3.05) is 17.3 Å². The summed E-state index contributed by atoms with van der Waals surface area (Å²) in [5.41, 5.74) is 5.68. The highest BCUT2D eigenvalue weighted by atomic mass is 32.2. The fraction of sp³-hybridized carbons (Fsp3) is 0.200. The highest BCUT2D eigenvalue weighted by molar-refractivity contribution is 7.98. The molecule has 0 radical (unpaired) electrons. The van der Waals surface area contributed by atoms with E-state index < -0.39 is 0 Å². The van der Waals surface area contributed by atoms with Gasteiger partial charge in [-0.25, -0.2) is 9.97 Å². The first kappa shape index (κ1) is 11.2. The number of anilines is 2. The molecule has 2 aromatic rings. The molecule has 0 aromatic carbocycles. The van der Waals surface area contributed by atoms with E-state index in [1.165, 1.54) is 16.6 Å². The van der Waals surface area contributed by atoms with Crippen molar-refractivity contribution in [2.24, 2.45) is 0 Å². The van der Waals surface area contributed by atoms with Crippen LogP contribution >= 0.6 is 23.1 Å². The van der Waals surface area contributed by atoms with E-state index in [0.717, 1.165) is 12.4 Å². The number of nitrogens with zero attached hydrogens (tertiary/aromatic N) is 2. The Morgan fingerprint density at radius 3 is 3.06 bits per heavy atom. The van der Waals surface area contributed by atoms with Crippen molar-refractivity contribution in [3.63, 3.8) is 0 Å². The molecule has 3 N–H and O–H groups in total. The third-order valence-corrected chi connectivity index (χ3v) is 3.36. The van der Waals surface area contributed by atoms with Gasteiger partial charge in [-0.1, -0.05) is 17.8 Å². The van der Waals surface area contributed by atoms with Crippen molar-refractivity contribution >= 4 is 34.7 Å². The van der Waals surface area contributed by atoms with Crippen molar-refractivity contribution in [1.82, 2.24) is 9.97 Å². The Morgan fingerprint density at radius 2 is 2.38 bits per heavy atom. The lowest BCUT2D eigenvalue weighted by Gasteiger charge is -2.05. The maximum Gasteiger partial charge on any atom is 0.191 e. The maximum atomic E-state index is 5.68. The predicted molar refractivity (Wildman–Crippen MR) is 69.9 cm³/mol. The molecule has 0 fully saturated rings. The fourth-order valence-corrected chi connectivity index (χ4v) is 2.25. The summed E-state index contributed by atoms with van der Waals surface area (Å²) >= 11 is 3.19. The van der Waals surface area contributed by atoms with Crippen LogP contribution in [0.3, 0.4) is 0 Å². The van der Waals surface area contributed by atoms with Gasteiger partial charge in [-0.2, -0.15) is 0 Å². The predicted octanol–water partition coefficient (Wildman–Crippen LogP) is 2.45. The number of rotatable bonds is 4. The van der Waals surface area contributed by atoms with Gasteiger partial charge in [0.15, 0.2) is 5.16 Å². The van der Waals surface area contributed by atoms with Gasteiger partial charge in [0.2, 0.25) is 0 Å². The Kier molecular flexibility index (Phi) is 3.63. The van der Waals surface area contributed by atoms with E-state index in [9.17, 15) is 0 Å². The summed E-state index contributed by atoms with van der Waals surface area (Å²) < 4.78 is 0. The molecule has 16 heavy (non-hydrogen) atoms. The molecule has 2 rings (SSSR count). The zero-order valence-electron chi connectivity index (χ0n) is 8.80. The van der Waals surface area contributed by atoms with Crippen LogP contribution in [0.15, 0.2) is 28.7 Å². The number of thioether (sulfide) groups is 1. The van der Waals surface area contributed by atoms with Crippen LogP contribution in [-0.2, 0) is 6.54 Å². The molecule has 0 unspecified atom stereocenters. The monoisotopic (exact) mass is 252 g/mol. The van der Waals surface area contributed by atoms with Crippen molar-refractivity contribution in [1.29, 1.82) is 0 Å². The summed E-state index contributed by atoms with van der Waals surface area (Å²) in [7, 11) is 0. The van der Waals surface area contributed by atoms with E-state index in [4.69, 9.17) is 5.73 Å². The number of hydrogen-bond donors (Lipinski definition) is 2. The number of nitrogen functional groups attached to an aromatic ring is 1. The van der Waals surface area contributed by atoms with E-state index in [1.807, 2.05) is 12.3 Å². The molecule has 0 amide bonds. The molecule has 0 aliphatic rings. The topological polar surface area (TPSA) is 63.8 Å². The quantitative estimate of drug-likeness (QED) is 0.646. The van der Waals surface area contributed by atoms with Crippen LogP contribution < -0.4 is 11.1 Å². The largest absolute Gasteiger partial charge is 0.383 e. The standard InChI is InChI=1S/C10H12N4S2/c1-15-10-13-8(11)5-9(14-10)12-6-7-3-2-4-16-7/h2-5H,6H2,1H3,(H3,11,12,13,14). The SMILES string of the molecule is CSc1nc(N)cc(NCc2cccs2)n1. The average Bonchev–Trinajstić information content (AvgIpc) is 2.78. The first-order chi connectivity index (χ1) is 7.78. The lowest BCUT2D eigenvalue weighted by molar-refractivity contribution is 0.967. The second kappa shape index (κ2) is 5.18. The lowest BCUT2D eigenvalue weighted by atomic mass is 10.4. The van der Waals surface area contributed by atoms with Gasteiger partial charge in [0.25, 0.3) is 0 Å². The Hall–Kier alpha value is -1.27. The molecule has 2 heterocycles. The number of nitrogens with two attached hydrogens (primary N) is 1. The zero-order valence-corrected chi connectivity index (χ0v) is 10.4. The highest BCUT2D eigenvalue weighted by Crippen LogP contribution is 2.16. The normalized spacial score (nSPS) is 10.3.